The average Bonchev–Trinajstić information content (AvgIpc) is 3.13. The zero-order chi connectivity index (χ0) is 16.7. The van der Waals surface area contributed by atoms with Crippen LogP contribution in [0.3, 0.4) is 0 Å². The Bertz CT molecular complexity index is 889. The first kappa shape index (κ1) is 15.4. The number of benzene rings is 1. The Hall–Kier alpha value is -2.18. The van der Waals surface area contributed by atoms with E-state index in [1.54, 1.807) is 6.07 Å². The van der Waals surface area contributed by atoms with Crippen LogP contribution < -0.4 is 0 Å². The van der Waals surface area contributed by atoms with Crippen LogP contribution in [-0.2, 0) is 19.5 Å². The van der Waals surface area contributed by atoms with Gasteiger partial charge in [-0.15, -0.1) is 0 Å². The SMILES string of the molecule is Cc1[nH]nc(CN2CCc3onc(-c4cccc(F)c4)c3C2)c1Cl. The summed E-state index contributed by atoms with van der Waals surface area (Å²) in [7, 11) is 0. The standard InChI is InChI=1S/C17H16ClFN4O/c1-10-16(18)14(21-20-10)9-23-6-5-15-13(8-23)17(22-24-15)11-3-2-4-12(19)7-11/h2-4,7H,5-6,8-9H2,1H3,(H,20,21). The van der Waals surface area contributed by atoms with Gasteiger partial charge in [0, 0.05) is 37.2 Å². The minimum atomic E-state index is -0.282. The number of fused-ring (bicyclic) bond motifs is 1. The van der Waals surface area contributed by atoms with E-state index in [-0.39, 0.29) is 5.82 Å². The predicted octanol–water partition coefficient (Wildman–Crippen LogP) is 3.72. The van der Waals surface area contributed by atoms with Gasteiger partial charge >= 0.3 is 0 Å². The van der Waals surface area contributed by atoms with Crippen LogP contribution in [0, 0.1) is 12.7 Å². The molecular weight excluding hydrogens is 331 g/mol. The lowest BCUT2D eigenvalue weighted by molar-refractivity contribution is 0.226. The predicted molar refractivity (Wildman–Crippen MR) is 88.0 cm³/mol. The second-order valence-electron chi connectivity index (χ2n) is 6.01. The molecule has 0 spiro atoms. The van der Waals surface area contributed by atoms with Gasteiger partial charge < -0.3 is 4.52 Å². The molecule has 2 aromatic heterocycles. The second kappa shape index (κ2) is 6.03. The van der Waals surface area contributed by atoms with E-state index in [0.717, 1.165) is 41.2 Å². The molecule has 24 heavy (non-hydrogen) atoms. The molecule has 0 aliphatic carbocycles. The zero-order valence-corrected chi connectivity index (χ0v) is 13.9. The molecule has 0 bridgehead atoms. The van der Waals surface area contributed by atoms with E-state index < -0.39 is 0 Å². The maximum atomic E-state index is 13.5. The van der Waals surface area contributed by atoms with Crippen LogP contribution >= 0.6 is 11.6 Å². The molecule has 0 unspecified atom stereocenters. The fourth-order valence-electron chi connectivity index (χ4n) is 3.05. The summed E-state index contributed by atoms with van der Waals surface area (Å²) >= 11 is 6.26. The molecule has 1 N–H and O–H groups in total. The fraction of sp³-hybridized carbons (Fsp3) is 0.294. The van der Waals surface area contributed by atoms with Crippen molar-refractivity contribution in [3.8, 4) is 11.3 Å². The third-order valence-electron chi connectivity index (χ3n) is 4.32. The Labute approximate surface area is 143 Å². The van der Waals surface area contributed by atoms with Gasteiger partial charge in [-0.3, -0.25) is 10.00 Å². The largest absolute Gasteiger partial charge is 0.360 e. The number of aryl methyl sites for hydroxylation is 1. The first-order valence-corrected chi connectivity index (χ1v) is 8.14. The van der Waals surface area contributed by atoms with Crippen LogP contribution in [0.5, 0.6) is 0 Å². The number of H-pyrrole nitrogens is 1. The van der Waals surface area contributed by atoms with Crippen molar-refractivity contribution in [2.24, 2.45) is 0 Å². The maximum absolute atomic E-state index is 13.5. The van der Waals surface area contributed by atoms with Crippen LogP contribution in [0.25, 0.3) is 11.3 Å². The van der Waals surface area contributed by atoms with Crippen molar-refractivity contribution in [2.75, 3.05) is 6.54 Å². The van der Waals surface area contributed by atoms with Crippen LogP contribution in [0.1, 0.15) is 22.7 Å². The highest BCUT2D eigenvalue weighted by Gasteiger charge is 2.26. The number of nitrogens with one attached hydrogen (secondary N) is 1. The molecule has 3 aromatic rings. The lowest BCUT2D eigenvalue weighted by atomic mass is 10.0. The number of aromatic nitrogens is 3. The molecule has 0 saturated heterocycles. The highest BCUT2D eigenvalue weighted by molar-refractivity contribution is 6.31. The molecule has 0 amide bonds. The summed E-state index contributed by atoms with van der Waals surface area (Å²) in [6.07, 6.45) is 0.763. The van der Waals surface area contributed by atoms with Gasteiger partial charge in [0.2, 0.25) is 0 Å². The van der Waals surface area contributed by atoms with Crippen molar-refractivity contribution >= 4 is 11.6 Å². The number of rotatable bonds is 3. The Morgan fingerprint density at radius 2 is 2.29 bits per heavy atom. The first-order valence-electron chi connectivity index (χ1n) is 7.77. The Morgan fingerprint density at radius 1 is 1.42 bits per heavy atom. The normalized spacial score (nSPS) is 14.8. The molecule has 5 nitrogen and oxygen atoms in total. The Balaban J connectivity index is 1.60. The van der Waals surface area contributed by atoms with E-state index in [2.05, 4.69) is 20.3 Å². The van der Waals surface area contributed by atoms with Crippen molar-refractivity contribution in [1.29, 1.82) is 0 Å². The fourth-order valence-corrected chi connectivity index (χ4v) is 3.19. The summed E-state index contributed by atoms with van der Waals surface area (Å²) in [5.41, 5.74) is 4.15. The van der Waals surface area contributed by atoms with E-state index in [1.807, 2.05) is 13.0 Å². The van der Waals surface area contributed by atoms with Gasteiger partial charge in [-0.2, -0.15) is 5.10 Å². The van der Waals surface area contributed by atoms with E-state index in [4.69, 9.17) is 16.1 Å². The quantitative estimate of drug-likeness (QED) is 0.785. The number of nitrogens with zero attached hydrogens (tertiary/aromatic N) is 3. The van der Waals surface area contributed by atoms with Crippen LogP contribution in [0.15, 0.2) is 28.8 Å². The molecule has 1 aliphatic heterocycles. The lowest BCUT2D eigenvalue weighted by Gasteiger charge is -2.25. The van der Waals surface area contributed by atoms with Crippen molar-refractivity contribution in [1.82, 2.24) is 20.3 Å². The van der Waals surface area contributed by atoms with Gasteiger partial charge in [0.25, 0.3) is 0 Å². The van der Waals surface area contributed by atoms with Crippen molar-refractivity contribution in [2.45, 2.75) is 26.4 Å². The number of hydrogen-bond acceptors (Lipinski definition) is 4. The van der Waals surface area contributed by atoms with E-state index in [9.17, 15) is 4.39 Å². The molecule has 0 radical (unpaired) electrons. The lowest BCUT2D eigenvalue weighted by Crippen LogP contribution is -2.29. The molecule has 3 heterocycles. The topological polar surface area (TPSA) is 58.0 Å². The number of hydrogen-bond donors (Lipinski definition) is 1. The Kier molecular flexibility index (Phi) is 3.86. The summed E-state index contributed by atoms with van der Waals surface area (Å²) in [5, 5.41) is 12.0. The van der Waals surface area contributed by atoms with Crippen molar-refractivity contribution in [3.63, 3.8) is 0 Å². The number of halogens is 2. The molecule has 1 aliphatic rings. The van der Waals surface area contributed by atoms with Gasteiger partial charge in [0.1, 0.15) is 17.3 Å². The summed E-state index contributed by atoms with van der Waals surface area (Å²) in [6.45, 7) is 4.06. The van der Waals surface area contributed by atoms with Crippen molar-refractivity contribution in [3.05, 3.63) is 57.8 Å². The Morgan fingerprint density at radius 3 is 3.04 bits per heavy atom. The maximum Gasteiger partial charge on any atom is 0.143 e. The molecular formula is C17H16ClFN4O. The number of aromatic amines is 1. The van der Waals surface area contributed by atoms with E-state index in [0.29, 0.717) is 23.8 Å². The monoisotopic (exact) mass is 346 g/mol. The molecule has 0 fully saturated rings. The van der Waals surface area contributed by atoms with Crippen molar-refractivity contribution < 1.29 is 8.91 Å². The average molecular weight is 347 g/mol. The summed E-state index contributed by atoms with van der Waals surface area (Å²) in [4.78, 5) is 2.24. The molecule has 124 valence electrons. The van der Waals surface area contributed by atoms with E-state index >= 15 is 0 Å². The zero-order valence-electron chi connectivity index (χ0n) is 13.1. The minimum absolute atomic E-state index is 0.282. The van der Waals surface area contributed by atoms with Crippen LogP contribution in [-0.4, -0.2) is 26.8 Å². The molecule has 0 saturated carbocycles. The minimum Gasteiger partial charge on any atom is -0.360 e. The molecule has 1 aromatic carbocycles. The van der Waals surface area contributed by atoms with Crippen LogP contribution in [0.2, 0.25) is 5.02 Å². The highest BCUT2D eigenvalue weighted by Crippen LogP contribution is 2.31. The van der Waals surface area contributed by atoms with Gasteiger partial charge in [-0.25, -0.2) is 4.39 Å². The third-order valence-corrected chi connectivity index (χ3v) is 4.82. The van der Waals surface area contributed by atoms with E-state index in [1.165, 1.54) is 12.1 Å². The summed E-state index contributed by atoms with van der Waals surface area (Å²) in [5.74, 6) is 0.588. The second-order valence-corrected chi connectivity index (χ2v) is 6.39. The smallest absolute Gasteiger partial charge is 0.143 e. The summed E-state index contributed by atoms with van der Waals surface area (Å²) < 4.78 is 19.0. The highest BCUT2D eigenvalue weighted by atomic mass is 35.5. The molecule has 4 rings (SSSR count). The van der Waals surface area contributed by atoms with Gasteiger partial charge in [-0.1, -0.05) is 28.9 Å². The van der Waals surface area contributed by atoms with Gasteiger partial charge in [-0.05, 0) is 19.1 Å². The first-order chi connectivity index (χ1) is 11.6. The molecule has 0 atom stereocenters. The molecule has 7 heteroatoms. The summed E-state index contributed by atoms with van der Waals surface area (Å²) in [6, 6.07) is 6.42. The van der Waals surface area contributed by atoms with Gasteiger partial charge in [0.05, 0.1) is 16.4 Å². The third kappa shape index (κ3) is 2.72. The van der Waals surface area contributed by atoms with Crippen LogP contribution in [0.4, 0.5) is 4.39 Å². The van der Waals surface area contributed by atoms with Gasteiger partial charge in [0.15, 0.2) is 0 Å².